The van der Waals surface area contributed by atoms with Crippen molar-refractivity contribution in [2.75, 3.05) is 13.7 Å². The van der Waals surface area contributed by atoms with Crippen molar-refractivity contribution >= 4 is 18.0 Å². The van der Waals surface area contributed by atoms with Crippen LogP contribution in [0.2, 0.25) is 0 Å². The minimum absolute atomic E-state index is 0.209. The van der Waals surface area contributed by atoms with Crippen LogP contribution in [-0.2, 0) is 19.1 Å². The van der Waals surface area contributed by atoms with E-state index in [1.807, 2.05) is 30.3 Å². The van der Waals surface area contributed by atoms with E-state index in [9.17, 15) is 9.59 Å². The number of esters is 2. The number of hydrogen-bond acceptors (Lipinski definition) is 4. The van der Waals surface area contributed by atoms with Crippen molar-refractivity contribution in [2.45, 2.75) is 72.6 Å². The van der Waals surface area contributed by atoms with Crippen LogP contribution in [0.4, 0.5) is 0 Å². The summed E-state index contributed by atoms with van der Waals surface area (Å²) in [5.74, 6) is 0.298. The summed E-state index contributed by atoms with van der Waals surface area (Å²) in [6, 6.07) is 9.63. The second-order valence-corrected chi connectivity index (χ2v) is 11.1. The van der Waals surface area contributed by atoms with Gasteiger partial charge in [0, 0.05) is 6.08 Å². The van der Waals surface area contributed by atoms with E-state index in [0.717, 1.165) is 18.4 Å². The molecule has 4 unspecified atom stereocenters. The molecule has 0 aromatic heterocycles. The fourth-order valence-corrected chi connectivity index (χ4v) is 6.69. The molecule has 4 atom stereocenters. The van der Waals surface area contributed by atoms with Gasteiger partial charge in [0.25, 0.3) is 0 Å². The van der Waals surface area contributed by atoms with Gasteiger partial charge in [-0.15, -0.1) is 0 Å². The molecule has 1 fully saturated rings. The molecule has 4 nitrogen and oxygen atoms in total. The summed E-state index contributed by atoms with van der Waals surface area (Å²) in [4.78, 5) is 24.6. The third-order valence-electron chi connectivity index (χ3n) is 8.56. The fraction of sp³-hybridized carbons (Fsp3) is 0.600. The first-order chi connectivity index (χ1) is 16.2. The Morgan fingerprint density at radius 3 is 2.56 bits per heavy atom. The van der Waals surface area contributed by atoms with E-state index in [4.69, 9.17) is 9.47 Å². The lowest BCUT2D eigenvalue weighted by atomic mass is 9.48. The second kappa shape index (κ2) is 11.4. The maximum absolute atomic E-state index is 12.5. The van der Waals surface area contributed by atoms with Crippen LogP contribution < -0.4 is 0 Å². The summed E-state index contributed by atoms with van der Waals surface area (Å²) in [6.07, 6.45) is 12.8. The van der Waals surface area contributed by atoms with Gasteiger partial charge < -0.3 is 9.47 Å². The van der Waals surface area contributed by atoms with Crippen LogP contribution >= 0.6 is 0 Å². The molecule has 0 bridgehead atoms. The minimum Gasteiger partial charge on any atom is -0.469 e. The molecule has 2 aliphatic rings. The van der Waals surface area contributed by atoms with Gasteiger partial charge in [-0.1, -0.05) is 69.2 Å². The Bertz CT molecular complexity index is 898. The Labute approximate surface area is 205 Å². The van der Waals surface area contributed by atoms with Gasteiger partial charge in [-0.3, -0.25) is 4.79 Å². The van der Waals surface area contributed by atoms with E-state index in [2.05, 4.69) is 33.8 Å². The SMILES string of the molecule is COC(=O)C(CCOC(=O)C=Cc1ccccc1)CCC1C(C)=CCC2C(C)(C)CCCC12C. The van der Waals surface area contributed by atoms with Crippen molar-refractivity contribution in [1.29, 1.82) is 0 Å². The molecule has 0 saturated heterocycles. The van der Waals surface area contributed by atoms with Gasteiger partial charge in [0.2, 0.25) is 0 Å². The Hall–Kier alpha value is -2.36. The Balaban J connectivity index is 1.58. The molecule has 0 heterocycles. The van der Waals surface area contributed by atoms with Crippen molar-refractivity contribution in [3.05, 3.63) is 53.6 Å². The predicted octanol–water partition coefficient (Wildman–Crippen LogP) is 7.00. The first-order valence-corrected chi connectivity index (χ1v) is 12.8. The number of ether oxygens (including phenoxy) is 2. The first-order valence-electron chi connectivity index (χ1n) is 12.8. The lowest BCUT2D eigenvalue weighted by molar-refractivity contribution is -0.148. The third kappa shape index (κ3) is 6.20. The number of fused-ring (bicyclic) bond motifs is 1. The fourth-order valence-electron chi connectivity index (χ4n) is 6.69. The van der Waals surface area contributed by atoms with E-state index in [0.29, 0.717) is 23.7 Å². The number of carbonyl (C=O) groups excluding carboxylic acids is 2. The summed E-state index contributed by atoms with van der Waals surface area (Å²) < 4.78 is 10.5. The first kappa shape index (κ1) is 26.2. The summed E-state index contributed by atoms with van der Waals surface area (Å²) >= 11 is 0. The van der Waals surface area contributed by atoms with Crippen molar-refractivity contribution in [1.82, 2.24) is 0 Å². The number of methoxy groups -OCH3 is 1. The summed E-state index contributed by atoms with van der Waals surface area (Å²) in [5, 5.41) is 0. The number of carbonyl (C=O) groups is 2. The summed E-state index contributed by atoms with van der Waals surface area (Å²) in [7, 11) is 1.44. The molecule has 1 saturated carbocycles. The van der Waals surface area contributed by atoms with Gasteiger partial charge in [0.15, 0.2) is 0 Å². The maximum Gasteiger partial charge on any atom is 0.330 e. The summed E-state index contributed by atoms with van der Waals surface area (Å²) in [5.41, 5.74) is 3.04. The highest BCUT2D eigenvalue weighted by molar-refractivity contribution is 5.87. The molecule has 0 amide bonds. The number of hydrogen-bond donors (Lipinski definition) is 0. The van der Waals surface area contributed by atoms with Crippen molar-refractivity contribution in [2.24, 2.45) is 28.6 Å². The van der Waals surface area contributed by atoms with E-state index < -0.39 is 5.97 Å². The third-order valence-corrected chi connectivity index (χ3v) is 8.56. The van der Waals surface area contributed by atoms with E-state index in [-0.39, 0.29) is 23.9 Å². The second-order valence-electron chi connectivity index (χ2n) is 11.1. The molecule has 34 heavy (non-hydrogen) atoms. The van der Waals surface area contributed by atoms with Crippen LogP contribution in [0.1, 0.15) is 78.2 Å². The highest BCUT2D eigenvalue weighted by Gasteiger charge is 2.51. The van der Waals surface area contributed by atoms with Crippen molar-refractivity contribution in [3.8, 4) is 0 Å². The zero-order valence-corrected chi connectivity index (χ0v) is 21.6. The number of rotatable bonds is 9. The molecule has 3 rings (SSSR count). The zero-order chi connectivity index (χ0) is 24.8. The molecule has 4 heteroatoms. The van der Waals surface area contributed by atoms with Gasteiger partial charge in [0.1, 0.15) is 0 Å². The largest absolute Gasteiger partial charge is 0.469 e. The molecule has 2 aliphatic carbocycles. The topological polar surface area (TPSA) is 52.6 Å². The lowest BCUT2D eigenvalue weighted by Gasteiger charge is -2.57. The van der Waals surface area contributed by atoms with Crippen LogP contribution in [0, 0.1) is 28.6 Å². The van der Waals surface area contributed by atoms with Gasteiger partial charge in [-0.25, -0.2) is 4.79 Å². The van der Waals surface area contributed by atoms with Crippen LogP contribution in [0.25, 0.3) is 6.08 Å². The smallest absolute Gasteiger partial charge is 0.330 e. The number of benzene rings is 1. The highest BCUT2D eigenvalue weighted by atomic mass is 16.5. The van der Waals surface area contributed by atoms with Gasteiger partial charge >= 0.3 is 11.9 Å². The Kier molecular flexibility index (Phi) is 8.78. The van der Waals surface area contributed by atoms with Gasteiger partial charge in [0.05, 0.1) is 19.6 Å². The molecule has 1 aromatic carbocycles. The molecular formula is C30H42O4. The zero-order valence-electron chi connectivity index (χ0n) is 21.6. The van der Waals surface area contributed by atoms with E-state index in [1.165, 1.54) is 44.4 Å². The molecular weight excluding hydrogens is 424 g/mol. The predicted molar refractivity (Wildman–Crippen MR) is 137 cm³/mol. The van der Waals surface area contributed by atoms with Crippen LogP contribution in [0.5, 0.6) is 0 Å². The average molecular weight is 467 g/mol. The van der Waals surface area contributed by atoms with E-state index in [1.54, 1.807) is 6.08 Å². The maximum atomic E-state index is 12.5. The Morgan fingerprint density at radius 2 is 1.85 bits per heavy atom. The lowest BCUT2D eigenvalue weighted by Crippen LogP contribution is -2.48. The average Bonchev–Trinajstić information content (AvgIpc) is 2.80. The summed E-state index contributed by atoms with van der Waals surface area (Å²) in [6.45, 7) is 9.82. The minimum atomic E-state index is -0.390. The highest BCUT2D eigenvalue weighted by Crippen LogP contribution is 2.60. The monoisotopic (exact) mass is 466 g/mol. The standard InChI is InChI=1S/C30H42O4/c1-22-12-16-26-29(2,3)19-9-20-30(26,4)25(22)15-14-24(28(32)33-5)18-21-34-27(31)17-13-23-10-7-6-8-11-23/h6-8,10-13,17,24-26H,9,14-16,18-21H2,1-5H3. The molecule has 0 radical (unpaired) electrons. The Morgan fingerprint density at radius 1 is 1.12 bits per heavy atom. The quantitative estimate of drug-likeness (QED) is 0.223. The normalized spacial score (nSPS) is 26.9. The van der Waals surface area contributed by atoms with Crippen LogP contribution in [-0.4, -0.2) is 25.7 Å². The van der Waals surface area contributed by atoms with E-state index >= 15 is 0 Å². The molecule has 0 spiro atoms. The molecule has 0 aliphatic heterocycles. The molecule has 0 N–H and O–H groups in total. The van der Waals surface area contributed by atoms with Crippen LogP contribution in [0.15, 0.2) is 48.1 Å². The van der Waals surface area contributed by atoms with Crippen molar-refractivity contribution < 1.29 is 19.1 Å². The molecule has 186 valence electrons. The van der Waals surface area contributed by atoms with Gasteiger partial charge in [-0.2, -0.15) is 0 Å². The van der Waals surface area contributed by atoms with Crippen molar-refractivity contribution in [3.63, 3.8) is 0 Å². The van der Waals surface area contributed by atoms with Crippen LogP contribution in [0.3, 0.4) is 0 Å². The molecule has 1 aromatic rings. The number of allylic oxidation sites excluding steroid dienone is 2. The van der Waals surface area contributed by atoms with Gasteiger partial charge in [-0.05, 0) is 79.8 Å².